The normalized spacial score (nSPS) is 16.7. The van der Waals surface area contributed by atoms with Crippen molar-refractivity contribution in [3.63, 3.8) is 0 Å². The van der Waals surface area contributed by atoms with E-state index in [0.717, 1.165) is 31.2 Å². The summed E-state index contributed by atoms with van der Waals surface area (Å²) in [6, 6.07) is 9.03. The molecule has 2 aromatic carbocycles. The van der Waals surface area contributed by atoms with Crippen molar-refractivity contribution in [2.24, 2.45) is 0 Å². The highest BCUT2D eigenvalue weighted by Gasteiger charge is 2.40. The number of amides is 1. The van der Waals surface area contributed by atoms with Gasteiger partial charge in [-0.2, -0.15) is 4.31 Å². The number of aryl methyl sites for hydroxylation is 1. The van der Waals surface area contributed by atoms with Gasteiger partial charge in [0, 0.05) is 29.2 Å². The third-order valence-corrected chi connectivity index (χ3v) is 8.64. The third-order valence-electron chi connectivity index (χ3n) is 5.58. The van der Waals surface area contributed by atoms with Crippen LogP contribution in [0.25, 0.3) is 0 Å². The molecule has 4 rings (SSSR count). The Morgan fingerprint density at radius 2 is 1.73 bits per heavy atom. The van der Waals surface area contributed by atoms with Gasteiger partial charge >= 0.3 is 0 Å². The highest BCUT2D eigenvalue weighted by molar-refractivity contribution is 7.89. The molecule has 1 N–H and O–H groups in total. The molecule has 0 unspecified atom stereocenters. The van der Waals surface area contributed by atoms with E-state index in [4.69, 9.17) is 23.2 Å². The molecular weight excluding hydrogens is 443 g/mol. The molecule has 30 heavy (non-hydrogen) atoms. The maximum absolute atomic E-state index is 13.6. The molecule has 160 valence electrons. The summed E-state index contributed by atoms with van der Waals surface area (Å²) in [4.78, 5) is 12.3. The number of nitrogens with one attached hydrogen (secondary N) is 1. The Morgan fingerprint density at radius 3 is 2.30 bits per heavy atom. The van der Waals surface area contributed by atoms with Crippen molar-refractivity contribution in [1.82, 2.24) is 9.62 Å². The average Bonchev–Trinajstić information content (AvgIpc) is 3.60. The van der Waals surface area contributed by atoms with Crippen molar-refractivity contribution in [2.75, 3.05) is 0 Å². The summed E-state index contributed by atoms with van der Waals surface area (Å²) in [5, 5.41) is 3.56. The highest BCUT2D eigenvalue weighted by Crippen LogP contribution is 2.39. The SMILES string of the molecule is Cc1cc(Cl)c(C)c(S(=O)(=O)N(Cc2ccc(C(=O)NC3CC3)cc2)C2CC2)c1Cl. The fourth-order valence-corrected chi connectivity index (χ4v) is 6.29. The number of halogens is 2. The number of benzene rings is 2. The number of carbonyl (C=O) groups excluding carboxylic acids is 1. The summed E-state index contributed by atoms with van der Waals surface area (Å²) >= 11 is 12.7. The lowest BCUT2D eigenvalue weighted by molar-refractivity contribution is 0.0951. The fraction of sp³-hybridized carbons (Fsp3) is 0.409. The van der Waals surface area contributed by atoms with E-state index in [-0.39, 0.29) is 28.4 Å². The Morgan fingerprint density at radius 1 is 1.10 bits per heavy atom. The van der Waals surface area contributed by atoms with Crippen LogP contribution in [0.5, 0.6) is 0 Å². The molecule has 2 aliphatic rings. The minimum absolute atomic E-state index is 0.0532. The second-order valence-corrected chi connectivity index (χ2v) is 10.8. The quantitative estimate of drug-likeness (QED) is 0.633. The van der Waals surface area contributed by atoms with E-state index >= 15 is 0 Å². The Hall–Kier alpha value is -1.60. The Kier molecular flexibility index (Phi) is 5.88. The minimum Gasteiger partial charge on any atom is -0.349 e. The van der Waals surface area contributed by atoms with Gasteiger partial charge in [-0.15, -0.1) is 0 Å². The van der Waals surface area contributed by atoms with E-state index in [1.165, 1.54) is 4.31 Å². The van der Waals surface area contributed by atoms with E-state index < -0.39 is 10.0 Å². The van der Waals surface area contributed by atoms with Gasteiger partial charge in [-0.3, -0.25) is 4.79 Å². The zero-order chi connectivity index (χ0) is 21.6. The van der Waals surface area contributed by atoms with Gasteiger partial charge in [0.2, 0.25) is 10.0 Å². The molecule has 0 aromatic heterocycles. The van der Waals surface area contributed by atoms with Crippen LogP contribution in [0, 0.1) is 13.8 Å². The molecule has 2 aromatic rings. The topological polar surface area (TPSA) is 66.5 Å². The zero-order valence-corrected chi connectivity index (χ0v) is 19.2. The van der Waals surface area contributed by atoms with Crippen molar-refractivity contribution < 1.29 is 13.2 Å². The molecule has 0 aliphatic heterocycles. The highest BCUT2D eigenvalue weighted by atomic mass is 35.5. The number of sulfonamides is 1. The Bertz CT molecular complexity index is 1070. The predicted molar refractivity (Wildman–Crippen MR) is 119 cm³/mol. The first-order chi connectivity index (χ1) is 14.2. The van der Waals surface area contributed by atoms with Crippen molar-refractivity contribution in [3.05, 3.63) is 62.6 Å². The first-order valence-corrected chi connectivity index (χ1v) is 12.2. The van der Waals surface area contributed by atoms with Gasteiger partial charge in [0.05, 0.1) is 5.02 Å². The van der Waals surface area contributed by atoms with Crippen LogP contribution in [0.4, 0.5) is 0 Å². The molecule has 0 bridgehead atoms. The van der Waals surface area contributed by atoms with Crippen molar-refractivity contribution >= 4 is 39.1 Å². The summed E-state index contributed by atoms with van der Waals surface area (Å²) < 4.78 is 28.7. The summed E-state index contributed by atoms with van der Waals surface area (Å²) in [5.74, 6) is -0.0903. The molecular formula is C22H24Cl2N2O3S. The zero-order valence-electron chi connectivity index (χ0n) is 16.9. The lowest BCUT2D eigenvalue weighted by Crippen LogP contribution is -2.33. The van der Waals surface area contributed by atoms with Crippen LogP contribution in [-0.2, 0) is 16.6 Å². The molecule has 2 aliphatic carbocycles. The summed E-state index contributed by atoms with van der Waals surface area (Å²) in [6.45, 7) is 3.65. The van der Waals surface area contributed by atoms with E-state index in [0.29, 0.717) is 27.8 Å². The first-order valence-electron chi connectivity index (χ1n) is 10.1. The second-order valence-electron chi connectivity index (χ2n) is 8.17. The molecule has 0 radical (unpaired) electrons. The molecule has 2 saturated carbocycles. The van der Waals surface area contributed by atoms with E-state index in [2.05, 4.69) is 5.32 Å². The Labute approximate surface area is 187 Å². The van der Waals surface area contributed by atoms with Gasteiger partial charge in [0.25, 0.3) is 5.91 Å². The molecule has 0 atom stereocenters. The van der Waals surface area contributed by atoms with Crippen molar-refractivity contribution in [1.29, 1.82) is 0 Å². The minimum atomic E-state index is -3.84. The summed E-state index contributed by atoms with van der Waals surface area (Å²) in [6.07, 6.45) is 3.70. The fourth-order valence-electron chi connectivity index (χ4n) is 3.45. The monoisotopic (exact) mass is 466 g/mol. The summed E-state index contributed by atoms with van der Waals surface area (Å²) in [5.41, 5.74) is 2.49. The Balaban J connectivity index is 1.61. The van der Waals surface area contributed by atoms with E-state index in [1.807, 2.05) is 12.1 Å². The van der Waals surface area contributed by atoms with Crippen LogP contribution in [-0.4, -0.2) is 30.7 Å². The van der Waals surface area contributed by atoms with Crippen LogP contribution in [0.15, 0.2) is 35.2 Å². The standard InChI is InChI=1S/C22H24Cl2N2O3S/c1-13-11-19(23)14(2)21(20(13)24)30(28,29)26(18-9-10-18)12-15-3-5-16(6-4-15)22(27)25-17-7-8-17/h3-6,11,17-18H,7-10,12H2,1-2H3,(H,25,27). The van der Waals surface area contributed by atoms with E-state index in [9.17, 15) is 13.2 Å². The molecule has 2 fully saturated rings. The number of hydrogen-bond donors (Lipinski definition) is 1. The summed E-state index contributed by atoms with van der Waals surface area (Å²) in [7, 11) is -3.84. The molecule has 0 saturated heterocycles. The molecule has 8 heteroatoms. The van der Waals surface area contributed by atoms with Crippen molar-refractivity contribution in [3.8, 4) is 0 Å². The van der Waals surface area contributed by atoms with Gasteiger partial charge in [-0.25, -0.2) is 8.42 Å². The van der Waals surface area contributed by atoms with Gasteiger partial charge < -0.3 is 5.32 Å². The number of carbonyl (C=O) groups is 1. The van der Waals surface area contributed by atoms with Crippen LogP contribution in [0.3, 0.4) is 0 Å². The van der Waals surface area contributed by atoms with E-state index in [1.54, 1.807) is 32.0 Å². The second kappa shape index (κ2) is 8.15. The molecule has 1 amide bonds. The molecule has 0 heterocycles. The van der Waals surface area contributed by atoms with Crippen LogP contribution in [0.2, 0.25) is 10.0 Å². The van der Waals surface area contributed by atoms with Crippen LogP contribution < -0.4 is 5.32 Å². The average molecular weight is 467 g/mol. The largest absolute Gasteiger partial charge is 0.349 e. The van der Waals surface area contributed by atoms with Crippen LogP contribution in [0.1, 0.15) is 52.7 Å². The number of rotatable bonds is 7. The maximum atomic E-state index is 13.6. The number of hydrogen-bond acceptors (Lipinski definition) is 3. The third kappa shape index (κ3) is 4.37. The maximum Gasteiger partial charge on any atom is 0.251 e. The molecule has 5 nitrogen and oxygen atoms in total. The van der Waals surface area contributed by atoms with Crippen molar-refractivity contribution in [2.45, 2.75) is 63.1 Å². The van der Waals surface area contributed by atoms with Crippen LogP contribution >= 0.6 is 23.2 Å². The van der Waals surface area contributed by atoms with Gasteiger partial charge in [0.15, 0.2) is 0 Å². The lowest BCUT2D eigenvalue weighted by atomic mass is 10.1. The number of nitrogens with zero attached hydrogens (tertiary/aromatic N) is 1. The van der Waals surface area contributed by atoms with Gasteiger partial charge in [0.1, 0.15) is 4.90 Å². The lowest BCUT2D eigenvalue weighted by Gasteiger charge is -2.24. The molecule has 0 spiro atoms. The smallest absolute Gasteiger partial charge is 0.251 e. The van der Waals surface area contributed by atoms with Gasteiger partial charge in [-0.05, 0) is 74.4 Å². The first kappa shape index (κ1) is 21.6. The predicted octanol–water partition coefficient (Wildman–Crippen LogP) is 4.86. The van der Waals surface area contributed by atoms with Gasteiger partial charge in [-0.1, -0.05) is 35.3 Å².